The Morgan fingerprint density at radius 3 is 2.74 bits per heavy atom. The maximum Gasteiger partial charge on any atom is 0.224 e. The first kappa shape index (κ1) is 13.6. The second-order valence-corrected chi connectivity index (χ2v) is 5.65. The Bertz CT molecular complexity index is 563. The molecule has 0 spiro atoms. The third-order valence-corrected chi connectivity index (χ3v) is 3.80. The molecule has 0 fully saturated rings. The Morgan fingerprint density at radius 2 is 2.05 bits per heavy atom. The van der Waals surface area contributed by atoms with Crippen molar-refractivity contribution in [3.8, 4) is 5.75 Å². The highest BCUT2D eigenvalue weighted by Crippen LogP contribution is 2.18. The van der Waals surface area contributed by atoms with Crippen molar-refractivity contribution < 1.29 is 9.53 Å². The summed E-state index contributed by atoms with van der Waals surface area (Å²) in [4.78, 5) is 14.3. The van der Waals surface area contributed by atoms with Crippen LogP contribution in [0.1, 0.15) is 15.3 Å². The maximum absolute atomic E-state index is 11.9. The first-order valence-corrected chi connectivity index (χ1v) is 6.94. The van der Waals surface area contributed by atoms with Gasteiger partial charge < -0.3 is 10.1 Å². The highest BCUT2D eigenvalue weighted by molar-refractivity contribution is 7.11. The van der Waals surface area contributed by atoms with Gasteiger partial charge in [0.15, 0.2) is 0 Å². The van der Waals surface area contributed by atoms with Gasteiger partial charge in [-0.25, -0.2) is 0 Å². The largest absolute Gasteiger partial charge is 0.496 e. The summed E-state index contributed by atoms with van der Waals surface area (Å²) in [7, 11) is 1.62. The van der Waals surface area contributed by atoms with E-state index in [0.717, 1.165) is 11.3 Å². The number of nitrogens with one attached hydrogen (secondary N) is 1. The van der Waals surface area contributed by atoms with Crippen molar-refractivity contribution in [1.29, 1.82) is 0 Å². The Hall–Kier alpha value is -1.81. The number of amides is 1. The Labute approximate surface area is 117 Å². The molecule has 100 valence electrons. The molecule has 0 aliphatic heterocycles. The van der Waals surface area contributed by atoms with Gasteiger partial charge in [-0.05, 0) is 25.1 Å². The number of rotatable bonds is 5. The molecule has 1 amide bonds. The van der Waals surface area contributed by atoms with Crippen molar-refractivity contribution in [2.24, 2.45) is 0 Å². The van der Waals surface area contributed by atoms with Crippen LogP contribution in [-0.2, 0) is 17.8 Å². The quantitative estimate of drug-likeness (QED) is 0.911. The van der Waals surface area contributed by atoms with Crippen LogP contribution in [0.25, 0.3) is 0 Å². The number of carbonyl (C=O) groups is 1. The highest BCUT2D eigenvalue weighted by atomic mass is 32.1. The lowest BCUT2D eigenvalue weighted by Gasteiger charge is -2.08. The summed E-state index contributed by atoms with van der Waals surface area (Å²) in [5.41, 5.74) is 0.907. The van der Waals surface area contributed by atoms with E-state index in [1.807, 2.05) is 30.3 Å². The van der Waals surface area contributed by atoms with Crippen molar-refractivity contribution >= 4 is 17.2 Å². The van der Waals surface area contributed by atoms with Gasteiger partial charge >= 0.3 is 0 Å². The lowest BCUT2D eigenvalue weighted by atomic mass is 10.1. The van der Waals surface area contributed by atoms with Crippen LogP contribution >= 0.6 is 11.3 Å². The summed E-state index contributed by atoms with van der Waals surface area (Å²) in [5, 5.41) is 2.93. The number of hydrogen-bond donors (Lipinski definition) is 1. The Morgan fingerprint density at radius 1 is 1.26 bits per heavy atom. The summed E-state index contributed by atoms with van der Waals surface area (Å²) in [6, 6.07) is 11.7. The number of methoxy groups -OCH3 is 1. The summed E-state index contributed by atoms with van der Waals surface area (Å²) in [6.07, 6.45) is 0.342. The molecule has 0 aliphatic carbocycles. The minimum atomic E-state index is 0.00977. The molecule has 2 rings (SSSR count). The van der Waals surface area contributed by atoms with E-state index in [1.165, 1.54) is 9.75 Å². The number of hydrogen-bond acceptors (Lipinski definition) is 3. The van der Waals surface area contributed by atoms with Crippen LogP contribution < -0.4 is 10.1 Å². The third-order valence-electron chi connectivity index (χ3n) is 2.80. The molecule has 0 unspecified atom stereocenters. The molecule has 1 N–H and O–H groups in total. The molecule has 0 bridgehead atoms. The van der Waals surface area contributed by atoms with E-state index in [9.17, 15) is 4.79 Å². The van der Waals surface area contributed by atoms with E-state index >= 15 is 0 Å². The minimum absolute atomic E-state index is 0.00977. The molecule has 1 aromatic heterocycles. The molecular weight excluding hydrogens is 258 g/mol. The molecule has 1 heterocycles. The summed E-state index contributed by atoms with van der Waals surface area (Å²) in [5.74, 6) is 0.764. The lowest BCUT2D eigenvalue weighted by Crippen LogP contribution is -2.24. The monoisotopic (exact) mass is 275 g/mol. The standard InChI is InChI=1S/C15H17NO2S/c1-11-7-8-13(19-11)10-16-15(17)9-12-5-3-4-6-14(12)18-2/h3-8H,9-10H2,1-2H3,(H,16,17). The smallest absolute Gasteiger partial charge is 0.224 e. The maximum atomic E-state index is 11.9. The summed E-state index contributed by atoms with van der Waals surface area (Å²) >= 11 is 1.70. The predicted molar refractivity (Wildman–Crippen MR) is 77.6 cm³/mol. The van der Waals surface area contributed by atoms with E-state index in [-0.39, 0.29) is 5.91 Å². The molecule has 19 heavy (non-hydrogen) atoms. The van der Waals surface area contributed by atoms with Crippen LogP contribution in [0.5, 0.6) is 5.75 Å². The fourth-order valence-electron chi connectivity index (χ4n) is 1.85. The SMILES string of the molecule is COc1ccccc1CC(=O)NCc1ccc(C)s1. The molecule has 4 heteroatoms. The average Bonchev–Trinajstić information content (AvgIpc) is 2.83. The highest BCUT2D eigenvalue weighted by Gasteiger charge is 2.08. The second-order valence-electron chi connectivity index (χ2n) is 4.28. The molecule has 1 aromatic carbocycles. The van der Waals surface area contributed by atoms with E-state index in [2.05, 4.69) is 18.3 Å². The first-order valence-electron chi connectivity index (χ1n) is 6.13. The number of para-hydroxylation sites is 1. The predicted octanol–water partition coefficient (Wildman–Crippen LogP) is 2.92. The van der Waals surface area contributed by atoms with Crippen LogP contribution in [0, 0.1) is 6.92 Å². The van der Waals surface area contributed by atoms with Crippen LogP contribution in [0.3, 0.4) is 0 Å². The fraction of sp³-hybridized carbons (Fsp3) is 0.267. The second kappa shape index (κ2) is 6.38. The van der Waals surface area contributed by atoms with Crippen molar-refractivity contribution in [2.75, 3.05) is 7.11 Å². The van der Waals surface area contributed by atoms with Crippen molar-refractivity contribution in [2.45, 2.75) is 19.9 Å². The zero-order valence-electron chi connectivity index (χ0n) is 11.1. The number of carbonyl (C=O) groups excluding carboxylic acids is 1. The number of benzene rings is 1. The lowest BCUT2D eigenvalue weighted by molar-refractivity contribution is -0.120. The van der Waals surface area contributed by atoms with Gasteiger partial charge in [0, 0.05) is 15.3 Å². The Balaban J connectivity index is 1.90. The number of aryl methyl sites for hydroxylation is 1. The first-order chi connectivity index (χ1) is 9.19. The normalized spacial score (nSPS) is 10.2. The molecule has 0 radical (unpaired) electrons. The fourth-order valence-corrected chi connectivity index (χ4v) is 2.68. The van der Waals surface area contributed by atoms with Gasteiger partial charge in [-0.3, -0.25) is 4.79 Å². The van der Waals surface area contributed by atoms with Gasteiger partial charge in [0.1, 0.15) is 5.75 Å². The van der Waals surface area contributed by atoms with Gasteiger partial charge in [0.25, 0.3) is 0 Å². The summed E-state index contributed by atoms with van der Waals surface area (Å²) < 4.78 is 5.23. The Kier molecular flexibility index (Phi) is 4.58. The molecule has 0 atom stereocenters. The van der Waals surface area contributed by atoms with Gasteiger partial charge in [-0.1, -0.05) is 18.2 Å². The van der Waals surface area contributed by atoms with Crippen molar-refractivity contribution in [3.63, 3.8) is 0 Å². The van der Waals surface area contributed by atoms with Crippen LogP contribution in [0.15, 0.2) is 36.4 Å². The number of ether oxygens (including phenoxy) is 1. The number of thiophene rings is 1. The summed E-state index contributed by atoms with van der Waals surface area (Å²) in [6.45, 7) is 2.65. The van der Waals surface area contributed by atoms with Crippen molar-refractivity contribution in [1.82, 2.24) is 5.32 Å². The van der Waals surface area contributed by atoms with Gasteiger partial charge in [-0.2, -0.15) is 0 Å². The van der Waals surface area contributed by atoms with Crippen LogP contribution in [-0.4, -0.2) is 13.0 Å². The van der Waals surface area contributed by atoms with Crippen LogP contribution in [0.4, 0.5) is 0 Å². The van der Waals surface area contributed by atoms with E-state index in [0.29, 0.717) is 13.0 Å². The topological polar surface area (TPSA) is 38.3 Å². The van der Waals surface area contributed by atoms with Crippen molar-refractivity contribution in [3.05, 3.63) is 51.7 Å². The zero-order chi connectivity index (χ0) is 13.7. The van der Waals surface area contributed by atoms with E-state index in [1.54, 1.807) is 18.4 Å². The van der Waals surface area contributed by atoms with Crippen LogP contribution in [0.2, 0.25) is 0 Å². The third kappa shape index (κ3) is 3.83. The average molecular weight is 275 g/mol. The molecular formula is C15H17NO2S. The molecule has 2 aromatic rings. The minimum Gasteiger partial charge on any atom is -0.496 e. The van der Waals surface area contributed by atoms with Gasteiger partial charge in [-0.15, -0.1) is 11.3 Å². The van der Waals surface area contributed by atoms with E-state index < -0.39 is 0 Å². The van der Waals surface area contributed by atoms with E-state index in [4.69, 9.17) is 4.74 Å². The van der Waals surface area contributed by atoms with Gasteiger partial charge in [0.2, 0.25) is 5.91 Å². The van der Waals surface area contributed by atoms with Gasteiger partial charge in [0.05, 0.1) is 20.1 Å². The molecule has 0 aliphatic rings. The molecule has 0 saturated heterocycles. The zero-order valence-corrected chi connectivity index (χ0v) is 11.9. The molecule has 3 nitrogen and oxygen atoms in total. The molecule has 0 saturated carbocycles.